The quantitative estimate of drug-likeness (QED) is 0.683. The van der Waals surface area contributed by atoms with Gasteiger partial charge in [-0.3, -0.25) is 14.5 Å². The van der Waals surface area contributed by atoms with Crippen molar-refractivity contribution in [2.24, 2.45) is 5.73 Å². The molecule has 0 unspecified atom stereocenters. The first-order valence-corrected chi connectivity index (χ1v) is 6.26. The molecule has 0 aromatic heterocycles. The van der Waals surface area contributed by atoms with Crippen LogP contribution in [0.5, 0.6) is 0 Å². The number of nitrogens with two attached hydrogens (primary N) is 1. The van der Waals surface area contributed by atoms with E-state index >= 15 is 0 Å². The molecular weight excluding hydrogens is 244 g/mol. The molecule has 0 aliphatic carbocycles. The lowest BCUT2D eigenvalue weighted by molar-refractivity contribution is -0.125. The Hall–Kier alpha value is -1.92. The Balaban J connectivity index is 1.92. The third-order valence-corrected chi connectivity index (χ3v) is 3.00. The first-order valence-electron chi connectivity index (χ1n) is 6.26. The van der Waals surface area contributed by atoms with Crippen LogP contribution in [0.4, 0.5) is 5.69 Å². The van der Waals surface area contributed by atoms with Crippen molar-refractivity contribution in [3.63, 3.8) is 0 Å². The first kappa shape index (κ1) is 13.5. The predicted molar refractivity (Wildman–Crippen MR) is 72.4 cm³/mol. The maximum absolute atomic E-state index is 11.9. The number of para-hydroxylation sites is 1. The van der Waals surface area contributed by atoms with Gasteiger partial charge < -0.3 is 16.4 Å². The second-order valence-corrected chi connectivity index (χ2v) is 4.47. The highest BCUT2D eigenvalue weighted by Crippen LogP contribution is 2.13. The zero-order valence-electron chi connectivity index (χ0n) is 10.7. The van der Waals surface area contributed by atoms with E-state index in [2.05, 4.69) is 10.6 Å². The fourth-order valence-corrected chi connectivity index (χ4v) is 2.04. The summed E-state index contributed by atoms with van der Waals surface area (Å²) < 4.78 is 0. The molecule has 2 amide bonds. The number of nitrogens with zero attached hydrogens (tertiary/aromatic N) is 1. The Morgan fingerprint density at radius 1 is 1.42 bits per heavy atom. The van der Waals surface area contributed by atoms with Crippen LogP contribution in [0, 0.1) is 0 Å². The number of carbonyl (C=O) groups is 2. The summed E-state index contributed by atoms with van der Waals surface area (Å²) in [7, 11) is 0. The summed E-state index contributed by atoms with van der Waals surface area (Å²) in [6.07, 6.45) is 0. The van der Waals surface area contributed by atoms with Gasteiger partial charge in [0, 0.05) is 25.3 Å². The molecule has 0 radical (unpaired) electrons. The van der Waals surface area contributed by atoms with Crippen molar-refractivity contribution in [2.75, 3.05) is 31.5 Å². The van der Waals surface area contributed by atoms with E-state index in [0.717, 1.165) is 11.3 Å². The van der Waals surface area contributed by atoms with E-state index in [4.69, 9.17) is 5.73 Å². The van der Waals surface area contributed by atoms with E-state index in [-0.39, 0.29) is 24.9 Å². The van der Waals surface area contributed by atoms with Crippen LogP contribution in [0.3, 0.4) is 0 Å². The molecule has 0 bridgehead atoms. The second-order valence-electron chi connectivity index (χ2n) is 4.47. The Kier molecular flexibility index (Phi) is 4.48. The fourth-order valence-electron chi connectivity index (χ4n) is 2.04. The first-order chi connectivity index (χ1) is 9.19. The number of piperazine rings is 1. The number of nitrogens with one attached hydrogen (secondary N) is 2. The van der Waals surface area contributed by atoms with Crippen LogP contribution in [0.15, 0.2) is 24.3 Å². The van der Waals surface area contributed by atoms with E-state index in [1.54, 1.807) is 0 Å². The fraction of sp³-hybridized carbons (Fsp3) is 0.385. The Morgan fingerprint density at radius 3 is 2.95 bits per heavy atom. The van der Waals surface area contributed by atoms with Crippen LogP contribution in [0.2, 0.25) is 0 Å². The molecule has 1 fully saturated rings. The van der Waals surface area contributed by atoms with Crippen molar-refractivity contribution in [1.82, 2.24) is 10.2 Å². The summed E-state index contributed by atoms with van der Waals surface area (Å²) in [6.45, 7) is 2.14. The molecule has 0 saturated carbocycles. The summed E-state index contributed by atoms with van der Waals surface area (Å²) in [5, 5.41) is 5.56. The van der Waals surface area contributed by atoms with Crippen LogP contribution < -0.4 is 16.4 Å². The third-order valence-electron chi connectivity index (χ3n) is 3.00. The van der Waals surface area contributed by atoms with Crippen LogP contribution >= 0.6 is 0 Å². The molecule has 1 aliphatic rings. The Labute approximate surface area is 112 Å². The highest BCUT2D eigenvalue weighted by atomic mass is 16.2. The summed E-state index contributed by atoms with van der Waals surface area (Å²) in [4.78, 5) is 25.0. The van der Waals surface area contributed by atoms with Gasteiger partial charge in [0.25, 0.3) is 0 Å². The van der Waals surface area contributed by atoms with Gasteiger partial charge in [-0.2, -0.15) is 0 Å². The van der Waals surface area contributed by atoms with Crippen LogP contribution in [0.1, 0.15) is 5.56 Å². The molecule has 1 heterocycles. The smallest absolute Gasteiger partial charge is 0.238 e. The average molecular weight is 262 g/mol. The van der Waals surface area contributed by atoms with E-state index in [0.29, 0.717) is 19.6 Å². The molecule has 1 aliphatic heterocycles. The van der Waals surface area contributed by atoms with Gasteiger partial charge in [-0.05, 0) is 11.6 Å². The summed E-state index contributed by atoms with van der Waals surface area (Å²) in [5.74, 6) is -0.169. The maximum atomic E-state index is 11.9. The zero-order valence-corrected chi connectivity index (χ0v) is 10.7. The minimum absolute atomic E-state index is 0.0404. The van der Waals surface area contributed by atoms with Gasteiger partial charge in [0.05, 0.1) is 13.1 Å². The van der Waals surface area contributed by atoms with E-state index in [1.165, 1.54) is 0 Å². The van der Waals surface area contributed by atoms with Crippen LogP contribution in [-0.2, 0) is 16.1 Å². The molecule has 4 N–H and O–H groups in total. The molecule has 1 saturated heterocycles. The molecule has 1 aromatic rings. The number of benzene rings is 1. The normalized spacial score (nSPS) is 15.9. The van der Waals surface area contributed by atoms with Gasteiger partial charge in [-0.15, -0.1) is 0 Å². The zero-order chi connectivity index (χ0) is 13.7. The highest BCUT2D eigenvalue weighted by molar-refractivity contribution is 5.93. The third kappa shape index (κ3) is 3.77. The van der Waals surface area contributed by atoms with Crippen molar-refractivity contribution in [3.8, 4) is 0 Å². The van der Waals surface area contributed by atoms with Gasteiger partial charge in [0.15, 0.2) is 0 Å². The predicted octanol–water partition coefficient (Wildman–Crippen LogP) is -0.484. The number of hydrogen-bond donors (Lipinski definition) is 3. The Morgan fingerprint density at radius 2 is 2.21 bits per heavy atom. The number of hydrogen-bond acceptors (Lipinski definition) is 4. The molecule has 2 rings (SSSR count). The lowest BCUT2D eigenvalue weighted by Gasteiger charge is -2.25. The summed E-state index contributed by atoms with van der Waals surface area (Å²) in [5.41, 5.74) is 7.24. The lowest BCUT2D eigenvalue weighted by atomic mass is 10.2. The number of amides is 2. The molecule has 6 heteroatoms. The molecule has 0 atom stereocenters. The Bertz CT molecular complexity index is 475. The van der Waals surface area contributed by atoms with Gasteiger partial charge >= 0.3 is 0 Å². The highest BCUT2D eigenvalue weighted by Gasteiger charge is 2.18. The second kappa shape index (κ2) is 6.31. The molecular formula is C13H18N4O2. The van der Waals surface area contributed by atoms with Gasteiger partial charge in [-0.25, -0.2) is 0 Å². The standard InChI is InChI=1S/C13H18N4O2/c14-7-10-3-1-2-4-11(10)16-13(19)9-17-6-5-15-12(18)8-17/h1-4H,5-9,14H2,(H,15,18)(H,16,19). The number of carbonyl (C=O) groups excluding carboxylic acids is 2. The van der Waals surface area contributed by atoms with Crippen molar-refractivity contribution < 1.29 is 9.59 Å². The molecule has 6 nitrogen and oxygen atoms in total. The minimum Gasteiger partial charge on any atom is -0.354 e. The number of anilines is 1. The SMILES string of the molecule is NCc1ccccc1NC(=O)CN1CCNC(=O)C1. The number of rotatable bonds is 4. The van der Waals surface area contributed by atoms with Crippen molar-refractivity contribution in [1.29, 1.82) is 0 Å². The van der Waals surface area contributed by atoms with Crippen molar-refractivity contribution in [3.05, 3.63) is 29.8 Å². The molecule has 0 spiro atoms. The van der Waals surface area contributed by atoms with Crippen molar-refractivity contribution >= 4 is 17.5 Å². The van der Waals surface area contributed by atoms with Crippen LogP contribution in [0.25, 0.3) is 0 Å². The van der Waals surface area contributed by atoms with E-state index in [1.807, 2.05) is 29.2 Å². The van der Waals surface area contributed by atoms with Crippen molar-refractivity contribution in [2.45, 2.75) is 6.54 Å². The molecule has 1 aromatic carbocycles. The summed E-state index contributed by atoms with van der Waals surface area (Å²) in [6, 6.07) is 7.43. The lowest BCUT2D eigenvalue weighted by Crippen LogP contribution is -2.49. The van der Waals surface area contributed by atoms with Gasteiger partial charge in [0.1, 0.15) is 0 Å². The largest absolute Gasteiger partial charge is 0.354 e. The monoisotopic (exact) mass is 262 g/mol. The maximum Gasteiger partial charge on any atom is 0.238 e. The van der Waals surface area contributed by atoms with Crippen LogP contribution in [-0.4, -0.2) is 42.9 Å². The van der Waals surface area contributed by atoms with E-state index in [9.17, 15) is 9.59 Å². The molecule has 102 valence electrons. The van der Waals surface area contributed by atoms with E-state index < -0.39 is 0 Å². The van der Waals surface area contributed by atoms with Gasteiger partial charge in [0.2, 0.25) is 11.8 Å². The molecule has 19 heavy (non-hydrogen) atoms. The average Bonchev–Trinajstić information content (AvgIpc) is 2.39. The van der Waals surface area contributed by atoms with Gasteiger partial charge in [-0.1, -0.05) is 18.2 Å². The summed E-state index contributed by atoms with van der Waals surface area (Å²) >= 11 is 0. The topological polar surface area (TPSA) is 87.5 Å². The minimum atomic E-state index is -0.129.